The topological polar surface area (TPSA) is 45.0 Å². The lowest BCUT2D eigenvalue weighted by molar-refractivity contribution is 0.414. The zero-order valence-electron chi connectivity index (χ0n) is 9.86. The van der Waals surface area contributed by atoms with Crippen molar-refractivity contribution in [1.29, 1.82) is 5.26 Å². The molecule has 0 aliphatic heterocycles. The van der Waals surface area contributed by atoms with Crippen LogP contribution in [0.2, 0.25) is 0 Å². The molecule has 1 rings (SSSR count). The summed E-state index contributed by atoms with van der Waals surface area (Å²) in [7, 11) is 1.67. The molecule has 0 heterocycles. The highest BCUT2D eigenvalue weighted by Crippen LogP contribution is 2.12. The molecule has 0 aromatic heterocycles. The van der Waals surface area contributed by atoms with Crippen molar-refractivity contribution in [2.24, 2.45) is 0 Å². The monoisotopic (exact) mass is 218 g/mol. The third-order valence-electron chi connectivity index (χ3n) is 2.50. The van der Waals surface area contributed by atoms with E-state index in [-0.39, 0.29) is 6.04 Å². The summed E-state index contributed by atoms with van der Waals surface area (Å²) in [6, 6.07) is 10.2. The normalized spacial score (nSPS) is 11.8. The van der Waals surface area contributed by atoms with Gasteiger partial charge in [-0.1, -0.05) is 19.1 Å². The van der Waals surface area contributed by atoms with Gasteiger partial charge in [0.1, 0.15) is 5.75 Å². The predicted molar refractivity (Wildman–Crippen MR) is 64.4 cm³/mol. The van der Waals surface area contributed by atoms with Crippen LogP contribution in [0.25, 0.3) is 0 Å². The number of nitriles is 1. The number of hydrogen-bond donors (Lipinski definition) is 1. The van der Waals surface area contributed by atoms with E-state index in [2.05, 4.69) is 17.5 Å². The third kappa shape index (κ3) is 3.92. The van der Waals surface area contributed by atoms with Crippen molar-refractivity contribution in [3.05, 3.63) is 29.8 Å². The maximum absolute atomic E-state index is 8.77. The van der Waals surface area contributed by atoms with Crippen molar-refractivity contribution < 1.29 is 4.74 Å². The standard InChI is InChI=1S/C13H18N2O/c1-3-12(10-14)15-8-7-11-5-4-6-13(9-11)16-2/h4-6,9,12,15H,3,7-8H2,1-2H3. The van der Waals surface area contributed by atoms with E-state index in [1.54, 1.807) is 7.11 Å². The van der Waals surface area contributed by atoms with Gasteiger partial charge in [-0.2, -0.15) is 5.26 Å². The largest absolute Gasteiger partial charge is 0.497 e. The summed E-state index contributed by atoms with van der Waals surface area (Å²) in [4.78, 5) is 0. The van der Waals surface area contributed by atoms with E-state index in [9.17, 15) is 0 Å². The van der Waals surface area contributed by atoms with Crippen molar-refractivity contribution in [1.82, 2.24) is 5.32 Å². The van der Waals surface area contributed by atoms with Crippen LogP contribution in [-0.4, -0.2) is 19.7 Å². The first-order chi connectivity index (χ1) is 7.80. The minimum Gasteiger partial charge on any atom is -0.497 e. The van der Waals surface area contributed by atoms with Crippen LogP contribution in [0.3, 0.4) is 0 Å². The Labute approximate surface area is 97.0 Å². The summed E-state index contributed by atoms with van der Waals surface area (Å²) in [5.41, 5.74) is 1.22. The molecule has 0 spiro atoms. The molecule has 3 heteroatoms. The van der Waals surface area contributed by atoms with E-state index in [4.69, 9.17) is 10.00 Å². The van der Waals surface area contributed by atoms with Gasteiger partial charge < -0.3 is 10.1 Å². The van der Waals surface area contributed by atoms with Gasteiger partial charge in [0.25, 0.3) is 0 Å². The lowest BCUT2D eigenvalue weighted by Crippen LogP contribution is -2.28. The van der Waals surface area contributed by atoms with Gasteiger partial charge in [-0.3, -0.25) is 0 Å². The number of hydrogen-bond acceptors (Lipinski definition) is 3. The second-order valence-corrected chi connectivity index (χ2v) is 3.65. The molecular formula is C13H18N2O. The number of methoxy groups -OCH3 is 1. The number of nitrogens with zero attached hydrogens (tertiary/aromatic N) is 1. The first kappa shape index (κ1) is 12.5. The van der Waals surface area contributed by atoms with Crippen LogP contribution >= 0.6 is 0 Å². The van der Waals surface area contributed by atoms with Gasteiger partial charge in [-0.15, -0.1) is 0 Å². The highest BCUT2D eigenvalue weighted by molar-refractivity contribution is 5.28. The molecular weight excluding hydrogens is 200 g/mol. The number of ether oxygens (including phenoxy) is 1. The molecule has 0 fully saturated rings. The van der Waals surface area contributed by atoms with E-state index in [1.807, 2.05) is 25.1 Å². The molecule has 86 valence electrons. The Bertz CT molecular complexity index is 357. The average molecular weight is 218 g/mol. The number of rotatable bonds is 6. The van der Waals surface area contributed by atoms with Crippen LogP contribution in [0.15, 0.2) is 24.3 Å². The molecule has 1 unspecified atom stereocenters. The maximum atomic E-state index is 8.77. The zero-order chi connectivity index (χ0) is 11.8. The SMILES string of the molecule is CCC(C#N)NCCc1cccc(OC)c1. The quantitative estimate of drug-likeness (QED) is 0.795. The molecule has 3 nitrogen and oxygen atoms in total. The molecule has 0 saturated heterocycles. The van der Waals surface area contributed by atoms with Crippen LogP contribution in [-0.2, 0) is 6.42 Å². The van der Waals surface area contributed by atoms with Crippen molar-refractivity contribution in [3.63, 3.8) is 0 Å². The molecule has 0 saturated carbocycles. The van der Waals surface area contributed by atoms with Crippen molar-refractivity contribution >= 4 is 0 Å². The molecule has 0 aliphatic carbocycles. The van der Waals surface area contributed by atoms with Crippen LogP contribution in [0.5, 0.6) is 5.75 Å². The minimum atomic E-state index is -0.0365. The molecule has 1 N–H and O–H groups in total. The predicted octanol–water partition coefficient (Wildman–Crippen LogP) is 2.13. The van der Waals surface area contributed by atoms with E-state index in [0.717, 1.165) is 25.1 Å². The van der Waals surface area contributed by atoms with Gasteiger partial charge in [0.2, 0.25) is 0 Å². The van der Waals surface area contributed by atoms with Crippen LogP contribution < -0.4 is 10.1 Å². The molecule has 1 atom stereocenters. The molecule has 1 aromatic rings. The lowest BCUT2D eigenvalue weighted by atomic mass is 10.1. The Morgan fingerprint density at radius 1 is 1.50 bits per heavy atom. The minimum absolute atomic E-state index is 0.0365. The van der Waals surface area contributed by atoms with E-state index in [1.165, 1.54) is 5.56 Å². The van der Waals surface area contributed by atoms with Crippen molar-refractivity contribution in [2.45, 2.75) is 25.8 Å². The van der Waals surface area contributed by atoms with Gasteiger partial charge in [0, 0.05) is 6.54 Å². The fraction of sp³-hybridized carbons (Fsp3) is 0.462. The summed E-state index contributed by atoms with van der Waals surface area (Å²) < 4.78 is 5.15. The highest BCUT2D eigenvalue weighted by Gasteiger charge is 2.02. The smallest absolute Gasteiger partial charge is 0.119 e. The second-order valence-electron chi connectivity index (χ2n) is 3.65. The van der Waals surface area contributed by atoms with E-state index < -0.39 is 0 Å². The number of benzene rings is 1. The summed E-state index contributed by atoms with van der Waals surface area (Å²) in [6.07, 6.45) is 1.75. The average Bonchev–Trinajstić information content (AvgIpc) is 2.35. The zero-order valence-corrected chi connectivity index (χ0v) is 9.86. The molecule has 0 amide bonds. The summed E-state index contributed by atoms with van der Waals surface area (Å²) in [5, 5.41) is 12.0. The first-order valence-corrected chi connectivity index (χ1v) is 5.56. The Kier molecular flexibility index (Phi) is 5.38. The van der Waals surface area contributed by atoms with E-state index in [0.29, 0.717) is 0 Å². The van der Waals surface area contributed by atoms with Crippen molar-refractivity contribution in [2.75, 3.05) is 13.7 Å². The molecule has 1 aromatic carbocycles. The van der Waals surface area contributed by atoms with Crippen LogP contribution in [0, 0.1) is 11.3 Å². The maximum Gasteiger partial charge on any atom is 0.119 e. The summed E-state index contributed by atoms with van der Waals surface area (Å²) in [6.45, 7) is 2.83. The summed E-state index contributed by atoms with van der Waals surface area (Å²) >= 11 is 0. The molecule has 0 bridgehead atoms. The van der Waals surface area contributed by atoms with Gasteiger partial charge in [0.15, 0.2) is 0 Å². The Morgan fingerprint density at radius 2 is 2.31 bits per heavy atom. The Hall–Kier alpha value is -1.53. The van der Waals surface area contributed by atoms with E-state index >= 15 is 0 Å². The Balaban J connectivity index is 2.40. The lowest BCUT2D eigenvalue weighted by Gasteiger charge is -2.09. The molecule has 0 radical (unpaired) electrons. The molecule has 0 aliphatic rings. The summed E-state index contributed by atoms with van der Waals surface area (Å²) in [5.74, 6) is 0.879. The second kappa shape index (κ2) is 6.86. The highest BCUT2D eigenvalue weighted by atomic mass is 16.5. The van der Waals surface area contributed by atoms with Crippen LogP contribution in [0.4, 0.5) is 0 Å². The van der Waals surface area contributed by atoms with Gasteiger partial charge >= 0.3 is 0 Å². The van der Waals surface area contributed by atoms with Crippen molar-refractivity contribution in [3.8, 4) is 11.8 Å². The van der Waals surface area contributed by atoms with Gasteiger partial charge in [-0.05, 0) is 30.5 Å². The van der Waals surface area contributed by atoms with Gasteiger partial charge in [0.05, 0.1) is 19.2 Å². The number of nitrogens with one attached hydrogen (secondary N) is 1. The third-order valence-corrected chi connectivity index (χ3v) is 2.50. The van der Waals surface area contributed by atoms with Crippen LogP contribution in [0.1, 0.15) is 18.9 Å². The Morgan fingerprint density at radius 3 is 2.94 bits per heavy atom. The first-order valence-electron chi connectivity index (χ1n) is 5.56. The fourth-order valence-corrected chi connectivity index (χ4v) is 1.50. The fourth-order valence-electron chi connectivity index (χ4n) is 1.50. The van der Waals surface area contributed by atoms with Gasteiger partial charge in [-0.25, -0.2) is 0 Å². The molecule has 16 heavy (non-hydrogen) atoms.